The SMILES string of the molecule is CCN(Cc1noc(C)n1)CC1CC(=O)N(CCOC)C1. The topological polar surface area (TPSA) is 71.7 Å². The predicted molar refractivity (Wildman–Crippen MR) is 76.5 cm³/mol. The normalized spacial score (nSPS) is 19.0. The van der Waals surface area contributed by atoms with Crippen LogP contribution >= 0.6 is 0 Å². The van der Waals surface area contributed by atoms with Crippen molar-refractivity contribution in [3.63, 3.8) is 0 Å². The molecule has 1 saturated heterocycles. The molecule has 0 radical (unpaired) electrons. The number of aromatic nitrogens is 2. The zero-order valence-electron chi connectivity index (χ0n) is 13.0. The largest absolute Gasteiger partial charge is 0.383 e. The van der Waals surface area contributed by atoms with Gasteiger partial charge in [0.1, 0.15) is 0 Å². The number of carbonyl (C=O) groups is 1. The van der Waals surface area contributed by atoms with Crippen LogP contribution in [-0.2, 0) is 16.1 Å². The Morgan fingerprint density at radius 1 is 1.52 bits per heavy atom. The van der Waals surface area contributed by atoms with Crippen LogP contribution in [0.2, 0.25) is 0 Å². The van der Waals surface area contributed by atoms with Gasteiger partial charge in [0.2, 0.25) is 11.8 Å². The van der Waals surface area contributed by atoms with Crippen LogP contribution in [0.1, 0.15) is 25.1 Å². The molecule has 1 aromatic heterocycles. The van der Waals surface area contributed by atoms with Crippen LogP contribution in [0.5, 0.6) is 0 Å². The lowest BCUT2D eigenvalue weighted by atomic mass is 10.1. The zero-order chi connectivity index (χ0) is 15.2. The van der Waals surface area contributed by atoms with Crippen molar-refractivity contribution in [2.75, 3.05) is 39.9 Å². The smallest absolute Gasteiger partial charge is 0.223 e. The molecule has 21 heavy (non-hydrogen) atoms. The number of hydrogen-bond donors (Lipinski definition) is 0. The molecule has 1 unspecified atom stereocenters. The molecule has 1 atom stereocenters. The van der Waals surface area contributed by atoms with E-state index in [2.05, 4.69) is 22.0 Å². The number of carbonyl (C=O) groups excluding carboxylic acids is 1. The van der Waals surface area contributed by atoms with Gasteiger partial charge in [0.15, 0.2) is 5.82 Å². The third kappa shape index (κ3) is 4.50. The minimum Gasteiger partial charge on any atom is -0.383 e. The summed E-state index contributed by atoms with van der Waals surface area (Å²) >= 11 is 0. The first-order valence-corrected chi connectivity index (χ1v) is 7.40. The molecule has 2 rings (SSSR count). The van der Waals surface area contributed by atoms with E-state index in [1.807, 2.05) is 4.90 Å². The second-order valence-corrected chi connectivity index (χ2v) is 5.46. The molecular formula is C14H24N4O3. The summed E-state index contributed by atoms with van der Waals surface area (Å²) in [5.41, 5.74) is 0. The van der Waals surface area contributed by atoms with Gasteiger partial charge in [-0.25, -0.2) is 0 Å². The highest BCUT2D eigenvalue weighted by molar-refractivity contribution is 5.78. The summed E-state index contributed by atoms with van der Waals surface area (Å²) in [7, 11) is 1.66. The Balaban J connectivity index is 1.83. The number of nitrogens with zero attached hydrogens (tertiary/aromatic N) is 4. The van der Waals surface area contributed by atoms with Crippen LogP contribution in [0.4, 0.5) is 0 Å². The van der Waals surface area contributed by atoms with Crippen molar-refractivity contribution in [1.29, 1.82) is 0 Å². The second kappa shape index (κ2) is 7.51. The Morgan fingerprint density at radius 2 is 2.33 bits per heavy atom. The molecule has 1 aliphatic rings. The molecule has 0 aromatic carbocycles. The Kier molecular flexibility index (Phi) is 5.69. The van der Waals surface area contributed by atoms with E-state index in [1.165, 1.54) is 0 Å². The fraction of sp³-hybridized carbons (Fsp3) is 0.786. The monoisotopic (exact) mass is 296 g/mol. The van der Waals surface area contributed by atoms with Crippen LogP contribution in [0.25, 0.3) is 0 Å². The van der Waals surface area contributed by atoms with Crippen molar-refractivity contribution < 1.29 is 14.1 Å². The fourth-order valence-corrected chi connectivity index (χ4v) is 2.67. The first-order chi connectivity index (χ1) is 10.1. The van der Waals surface area contributed by atoms with Crippen molar-refractivity contribution in [3.8, 4) is 0 Å². The number of ether oxygens (including phenoxy) is 1. The number of likely N-dealkylation sites (tertiary alicyclic amines) is 1. The average Bonchev–Trinajstić information content (AvgIpc) is 3.02. The zero-order valence-corrected chi connectivity index (χ0v) is 13.0. The molecule has 0 saturated carbocycles. The molecule has 1 amide bonds. The quantitative estimate of drug-likeness (QED) is 0.703. The van der Waals surface area contributed by atoms with Crippen LogP contribution in [-0.4, -0.2) is 65.7 Å². The van der Waals surface area contributed by atoms with Gasteiger partial charge in [-0.15, -0.1) is 0 Å². The van der Waals surface area contributed by atoms with Gasteiger partial charge >= 0.3 is 0 Å². The Hall–Kier alpha value is -1.47. The first kappa shape index (κ1) is 15.9. The van der Waals surface area contributed by atoms with Crippen molar-refractivity contribution in [2.45, 2.75) is 26.8 Å². The van der Waals surface area contributed by atoms with Crippen molar-refractivity contribution in [3.05, 3.63) is 11.7 Å². The number of hydrogen-bond acceptors (Lipinski definition) is 6. The van der Waals surface area contributed by atoms with E-state index in [0.717, 1.165) is 19.6 Å². The standard InChI is InChI=1S/C14H24N4O3/c1-4-17(10-13-15-11(2)21-16-13)8-12-7-14(19)18(9-12)5-6-20-3/h12H,4-10H2,1-3H3. The van der Waals surface area contributed by atoms with E-state index < -0.39 is 0 Å². The maximum atomic E-state index is 11.9. The molecule has 1 aliphatic heterocycles. The van der Waals surface area contributed by atoms with E-state index >= 15 is 0 Å². The Morgan fingerprint density at radius 3 is 2.95 bits per heavy atom. The van der Waals surface area contributed by atoms with Gasteiger partial charge in [0.25, 0.3) is 0 Å². The van der Waals surface area contributed by atoms with Crippen LogP contribution in [0.3, 0.4) is 0 Å². The maximum absolute atomic E-state index is 11.9. The van der Waals surface area contributed by atoms with Gasteiger partial charge in [-0.1, -0.05) is 12.1 Å². The molecule has 0 spiro atoms. The first-order valence-electron chi connectivity index (χ1n) is 7.40. The molecule has 7 nitrogen and oxygen atoms in total. The number of aryl methyl sites for hydroxylation is 1. The summed E-state index contributed by atoms with van der Waals surface area (Å²) < 4.78 is 10.0. The van der Waals surface area contributed by atoms with Gasteiger partial charge in [-0.3, -0.25) is 9.69 Å². The van der Waals surface area contributed by atoms with E-state index in [0.29, 0.717) is 43.8 Å². The van der Waals surface area contributed by atoms with E-state index in [1.54, 1.807) is 14.0 Å². The number of amides is 1. The lowest BCUT2D eigenvalue weighted by Gasteiger charge is -2.22. The van der Waals surface area contributed by atoms with Crippen LogP contribution < -0.4 is 0 Å². The van der Waals surface area contributed by atoms with Gasteiger partial charge < -0.3 is 14.2 Å². The highest BCUT2D eigenvalue weighted by atomic mass is 16.5. The van der Waals surface area contributed by atoms with E-state index in [4.69, 9.17) is 9.26 Å². The minimum atomic E-state index is 0.225. The van der Waals surface area contributed by atoms with Crippen LogP contribution in [0.15, 0.2) is 4.52 Å². The van der Waals surface area contributed by atoms with Crippen molar-refractivity contribution in [1.82, 2.24) is 19.9 Å². The fourth-order valence-electron chi connectivity index (χ4n) is 2.67. The molecule has 0 aliphatic carbocycles. The van der Waals surface area contributed by atoms with Gasteiger partial charge in [0, 0.05) is 40.1 Å². The van der Waals surface area contributed by atoms with Gasteiger partial charge in [0.05, 0.1) is 13.2 Å². The average molecular weight is 296 g/mol. The molecular weight excluding hydrogens is 272 g/mol. The second-order valence-electron chi connectivity index (χ2n) is 5.46. The van der Waals surface area contributed by atoms with E-state index in [-0.39, 0.29) is 5.91 Å². The summed E-state index contributed by atoms with van der Waals surface area (Å²) in [6.07, 6.45) is 0.617. The van der Waals surface area contributed by atoms with Crippen molar-refractivity contribution >= 4 is 5.91 Å². The third-order valence-corrected chi connectivity index (χ3v) is 3.76. The highest BCUT2D eigenvalue weighted by Crippen LogP contribution is 2.19. The summed E-state index contributed by atoms with van der Waals surface area (Å²) in [5.74, 6) is 1.88. The molecule has 7 heteroatoms. The molecule has 0 bridgehead atoms. The van der Waals surface area contributed by atoms with Gasteiger partial charge in [-0.2, -0.15) is 4.98 Å². The third-order valence-electron chi connectivity index (χ3n) is 3.76. The Labute approximate surface area is 125 Å². The Bertz CT molecular complexity index is 463. The summed E-state index contributed by atoms with van der Waals surface area (Å²) in [4.78, 5) is 20.3. The van der Waals surface area contributed by atoms with Gasteiger partial charge in [-0.05, 0) is 12.5 Å². The van der Waals surface area contributed by atoms with E-state index in [9.17, 15) is 4.79 Å². The molecule has 118 valence electrons. The van der Waals surface area contributed by atoms with Crippen molar-refractivity contribution in [2.24, 2.45) is 5.92 Å². The summed E-state index contributed by atoms with van der Waals surface area (Å²) in [6, 6.07) is 0. The highest BCUT2D eigenvalue weighted by Gasteiger charge is 2.30. The lowest BCUT2D eigenvalue weighted by Crippen LogP contribution is -2.32. The number of rotatable bonds is 8. The predicted octanol–water partition coefficient (Wildman–Crippen LogP) is 0.695. The molecule has 1 fully saturated rings. The molecule has 0 N–H and O–H groups in total. The molecule has 1 aromatic rings. The molecule has 2 heterocycles. The number of methoxy groups -OCH3 is 1. The summed E-state index contributed by atoms with van der Waals surface area (Å²) in [5, 5.41) is 3.93. The lowest BCUT2D eigenvalue weighted by molar-refractivity contribution is -0.128. The minimum absolute atomic E-state index is 0.225. The maximum Gasteiger partial charge on any atom is 0.223 e. The van der Waals surface area contributed by atoms with Crippen LogP contribution in [0, 0.1) is 12.8 Å². The summed E-state index contributed by atoms with van der Waals surface area (Å²) in [6.45, 7) is 8.42.